The molecule has 1 saturated carbocycles. The summed E-state index contributed by atoms with van der Waals surface area (Å²) in [5, 5.41) is 0. The van der Waals surface area contributed by atoms with Crippen LogP contribution in [0.2, 0.25) is 0 Å². The second-order valence-corrected chi connectivity index (χ2v) is 12.6. The third kappa shape index (κ3) is 26.2. The van der Waals surface area contributed by atoms with Gasteiger partial charge < -0.3 is 4.90 Å². The summed E-state index contributed by atoms with van der Waals surface area (Å²) in [5.41, 5.74) is 0. The maximum absolute atomic E-state index is 2.74. The molecule has 0 radical (unpaired) electrons. The quantitative estimate of drug-likeness (QED) is 0.123. The Balaban J connectivity index is 0.0000130. The third-order valence-electron chi connectivity index (χ3n) is 9.06. The highest BCUT2D eigenvalue weighted by molar-refractivity contribution is 5.85. The predicted molar refractivity (Wildman–Crippen MR) is 172 cm³/mol. The molecule has 0 unspecified atom stereocenters. The molecule has 0 aromatic rings. The summed E-state index contributed by atoms with van der Waals surface area (Å²) in [5.74, 6) is 0. The first-order valence-electron chi connectivity index (χ1n) is 17.5. The van der Waals surface area contributed by atoms with Crippen LogP contribution in [0, 0.1) is 0 Å². The molecule has 1 aliphatic carbocycles. The fourth-order valence-electron chi connectivity index (χ4n) is 6.38. The van der Waals surface area contributed by atoms with E-state index in [0.717, 1.165) is 6.04 Å². The van der Waals surface area contributed by atoms with E-state index in [2.05, 4.69) is 18.9 Å². The molecule has 0 amide bonds. The van der Waals surface area contributed by atoms with Crippen molar-refractivity contribution in [1.29, 1.82) is 0 Å². The number of rotatable bonds is 22. The van der Waals surface area contributed by atoms with Gasteiger partial charge in [0.05, 0.1) is 0 Å². The molecule has 0 atom stereocenters. The molecule has 1 aliphatic rings. The van der Waals surface area contributed by atoms with E-state index in [1.165, 1.54) is 206 Å². The normalized spacial score (nSPS) is 16.3. The molecular formula is C35H72ClN. The zero-order chi connectivity index (χ0) is 25.8. The Morgan fingerprint density at radius 3 is 1.00 bits per heavy atom. The Morgan fingerprint density at radius 2 is 0.676 bits per heavy atom. The number of unbranched alkanes of at least 4 members (excludes halogenated alkanes) is 19. The first-order chi connectivity index (χ1) is 17.8. The first-order valence-corrected chi connectivity index (χ1v) is 17.5. The lowest BCUT2D eigenvalue weighted by Gasteiger charge is -2.28. The summed E-state index contributed by atoms with van der Waals surface area (Å²) in [7, 11) is 2.42. The topological polar surface area (TPSA) is 3.24 Å². The molecule has 0 aromatic heterocycles. The zero-order valence-corrected chi connectivity index (χ0v) is 26.9. The number of nitrogens with zero attached hydrogens (tertiary/aromatic N) is 1. The largest absolute Gasteiger partial charge is 0.303 e. The van der Waals surface area contributed by atoms with E-state index < -0.39 is 0 Å². The Morgan fingerprint density at radius 1 is 0.405 bits per heavy atom. The minimum atomic E-state index is 0. The van der Waals surface area contributed by atoms with Crippen LogP contribution >= 0.6 is 12.4 Å². The molecular weight excluding hydrogens is 470 g/mol. The van der Waals surface area contributed by atoms with Gasteiger partial charge in [-0.25, -0.2) is 0 Å². The Bertz CT molecular complexity index is 400. The summed E-state index contributed by atoms with van der Waals surface area (Å²) < 4.78 is 0. The Labute approximate surface area is 242 Å². The van der Waals surface area contributed by atoms with Crippen molar-refractivity contribution in [1.82, 2.24) is 4.90 Å². The molecule has 0 saturated heterocycles. The van der Waals surface area contributed by atoms with Gasteiger partial charge in [-0.05, 0) is 32.9 Å². The van der Waals surface area contributed by atoms with E-state index >= 15 is 0 Å². The minimum absolute atomic E-state index is 0. The van der Waals surface area contributed by atoms with Gasteiger partial charge in [-0.3, -0.25) is 0 Å². The van der Waals surface area contributed by atoms with Gasteiger partial charge in [0.2, 0.25) is 0 Å². The van der Waals surface area contributed by atoms with Crippen molar-refractivity contribution < 1.29 is 0 Å². The minimum Gasteiger partial charge on any atom is -0.303 e. The summed E-state index contributed by atoms with van der Waals surface area (Å²) in [6, 6.07) is 0.866. The van der Waals surface area contributed by atoms with Crippen molar-refractivity contribution >= 4 is 12.4 Å². The van der Waals surface area contributed by atoms with Crippen LogP contribution in [0.3, 0.4) is 0 Å². The van der Waals surface area contributed by atoms with Crippen LogP contribution in [-0.4, -0.2) is 24.5 Å². The molecule has 0 aliphatic heterocycles. The van der Waals surface area contributed by atoms with Crippen molar-refractivity contribution in [2.45, 2.75) is 212 Å². The summed E-state index contributed by atoms with van der Waals surface area (Å²) in [6.07, 6.45) is 45.7. The number of hydrogen-bond donors (Lipinski definition) is 0. The Hall–Kier alpha value is 0.250. The number of halogens is 1. The fraction of sp³-hybridized carbons (Fsp3) is 1.00. The molecule has 0 N–H and O–H groups in total. The van der Waals surface area contributed by atoms with Crippen LogP contribution in [0.1, 0.15) is 206 Å². The molecule has 0 spiro atoms. The molecule has 37 heavy (non-hydrogen) atoms. The molecule has 0 heterocycles. The zero-order valence-electron chi connectivity index (χ0n) is 26.1. The second-order valence-electron chi connectivity index (χ2n) is 12.6. The highest BCUT2D eigenvalue weighted by Gasteiger charge is 2.14. The lowest BCUT2D eigenvalue weighted by Crippen LogP contribution is -2.32. The van der Waals surface area contributed by atoms with Gasteiger partial charge in [-0.1, -0.05) is 187 Å². The van der Waals surface area contributed by atoms with E-state index in [1.807, 2.05) is 0 Å². The van der Waals surface area contributed by atoms with Gasteiger partial charge in [0.15, 0.2) is 0 Å². The van der Waals surface area contributed by atoms with Gasteiger partial charge in [0.25, 0.3) is 0 Å². The summed E-state index contributed by atoms with van der Waals surface area (Å²) >= 11 is 0. The molecule has 0 aromatic carbocycles. The molecule has 0 bridgehead atoms. The highest BCUT2D eigenvalue weighted by atomic mass is 35.5. The van der Waals surface area contributed by atoms with Crippen LogP contribution in [0.4, 0.5) is 0 Å². The lowest BCUT2D eigenvalue weighted by molar-refractivity contribution is 0.204. The SMILES string of the molecule is CCCCCCCCCCCCCCCCCCCCCCN(C)C1CCCCCCCCCCC1.Cl. The van der Waals surface area contributed by atoms with E-state index in [1.54, 1.807) is 0 Å². The molecule has 224 valence electrons. The van der Waals surface area contributed by atoms with Crippen LogP contribution in [0.15, 0.2) is 0 Å². The average molecular weight is 542 g/mol. The maximum atomic E-state index is 2.74. The van der Waals surface area contributed by atoms with Crippen LogP contribution < -0.4 is 0 Å². The van der Waals surface area contributed by atoms with E-state index in [-0.39, 0.29) is 12.4 Å². The molecule has 2 heteroatoms. The van der Waals surface area contributed by atoms with E-state index in [0.29, 0.717) is 0 Å². The monoisotopic (exact) mass is 542 g/mol. The average Bonchev–Trinajstić information content (AvgIpc) is 2.87. The second kappa shape index (κ2) is 30.8. The maximum Gasteiger partial charge on any atom is 0.00922 e. The number of hydrogen-bond acceptors (Lipinski definition) is 1. The summed E-state index contributed by atoms with van der Waals surface area (Å²) in [4.78, 5) is 2.74. The fourth-order valence-corrected chi connectivity index (χ4v) is 6.38. The molecule has 1 rings (SSSR count). The third-order valence-corrected chi connectivity index (χ3v) is 9.06. The van der Waals surface area contributed by atoms with Crippen molar-refractivity contribution in [3.63, 3.8) is 0 Å². The van der Waals surface area contributed by atoms with Gasteiger partial charge in [0, 0.05) is 6.04 Å². The molecule has 1 nitrogen and oxygen atoms in total. The van der Waals surface area contributed by atoms with Crippen molar-refractivity contribution in [2.24, 2.45) is 0 Å². The smallest absolute Gasteiger partial charge is 0.00922 e. The lowest BCUT2D eigenvalue weighted by atomic mass is 9.97. The predicted octanol–water partition coefficient (Wildman–Crippen LogP) is 12.8. The van der Waals surface area contributed by atoms with Gasteiger partial charge >= 0.3 is 0 Å². The van der Waals surface area contributed by atoms with Crippen LogP contribution in [0.25, 0.3) is 0 Å². The van der Waals surface area contributed by atoms with Gasteiger partial charge in [-0.15, -0.1) is 12.4 Å². The standard InChI is InChI=1S/C35H71N.ClH/c1-3-4-5-6-7-8-9-10-11-12-13-14-15-16-17-18-22-25-28-31-34-36(2)35-32-29-26-23-20-19-21-24-27-30-33-35;/h35H,3-34H2,1-2H3;1H. The van der Waals surface area contributed by atoms with Gasteiger partial charge in [0.1, 0.15) is 0 Å². The van der Waals surface area contributed by atoms with Crippen molar-refractivity contribution in [3.8, 4) is 0 Å². The first kappa shape index (κ1) is 37.2. The van der Waals surface area contributed by atoms with E-state index in [4.69, 9.17) is 0 Å². The van der Waals surface area contributed by atoms with Crippen LogP contribution in [-0.2, 0) is 0 Å². The van der Waals surface area contributed by atoms with Gasteiger partial charge in [-0.2, -0.15) is 0 Å². The highest BCUT2D eigenvalue weighted by Crippen LogP contribution is 2.21. The van der Waals surface area contributed by atoms with Crippen LogP contribution in [0.5, 0.6) is 0 Å². The molecule has 1 fully saturated rings. The van der Waals surface area contributed by atoms with Crippen molar-refractivity contribution in [3.05, 3.63) is 0 Å². The summed E-state index contributed by atoms with van der Waals surface area (Å²) in [6.45, 7) is 3.65. The van der Waals surface area contributed by atoms with Crippen molar-refractivity contribution in [2.75, 3.05) is 13.6 Å². The van der Waals surface area contributed by atoms with E-state index in [9.17, 15) is 0 Å². The Kier molecular flexibility index (Phi) is 31.0.